The number of sulfonamides is 1. The lowest BCUT2D eigenvalue weighted by Crippen LogP contribution is -2.42. The molecule has 0 saturated heterocycles. The van der Waals surface area contributed by atoms with Gasteiger partial charge in [-0.3, -0.25) is 5.10 Å². The second-order valence-corrected chi connectivity index (χ2v) is 5.64. The summed E-state index contributed by atoms with van der Waals surface area (Å²) in [5, 5.41) is 5.96. The third-order valence-corrected chi connectivity index (χ3v) is 3.94. The van der Waals surface area contributed by atoms with Gasteiger partial charge in [-0.05, 0) is 20.3 Å². The minimum absolute atomic E-state index is 0.0102. The van der Waals surface area contributed by atoms with Crippen LogP contribution in [-0.2, 0) is 10.0 Å². The molecule has 0 unspecified atom stereocenters. The third-order valence-electron chi connectivity index (χ3n) is 2.22. The highest BCUT2D eigenvalue weighted by Gasteiger charge is 2.26. The van der Waals surface area contributed by atoms with Crippen molar-refractivity contribution in [2.75, 3.05) is 5.73 Å². The lowest BCUT2D eigenvalue weighted by atomic mass is 10.0. The summed E-state index contributed by atoms with van der Waals surface area (Å²) >= 11 is 0. The van der Waals surface area contributed by atoms with Gasteiger partial charge in [0.05, 0.1) is 6.20 Å². The van der Waals surface area contributed by atoms with Crippen molar-refractivity contribution >= 4 is 15.8 Å². The second-order valence-electron chi connectivity index (χ2n) is 3.99. The molecule has 4 N–H and O–H groups in total. The maximum absolute atomic E-state index is 11.8. The van der Waals surface area contributed by atoms with E-state index in [4.69, 9.17) is 5.73 Å². The zero-order valence-electron chi connectivity index (χ0n) is 9.03. The number of nitrogens with one attached hydrogen (secondary N) is 2. The van der Waals surface area contributed by atoms with Gasteiger partial charge in [0.1, 0.15) is 10.7 Å². The summed E-state index contributed by atoms with van der Waals surface area (Å²) in [5.74, 6) is 0.0504. The zero-order valence-corrected chi connectivity index (χ0v) is 9.85. The number of aromatic nitrogens is 2. The predicted octanol–water partition coefficient (Wildman–Crippen LogP) is 0.459. The first-order valence-electron chi connectivity index (χ1n) is 4.61. The molecular weight excluding hydrogens is 216 g/mol. The van der Waals surface area contributed by atoms with Crippen molar-refractivity contribution in [2.45, 2.75) is 37.6 Å². The fourth-order valence-corrected chi connectivity index (χ4v) is 2.50. The lowest BCUT2D eigenvalue weighted by Gasteiger charge is -2.23. The molecule has 7 heteroatoms. The molecule has 0 radical (unpaired) electrons. The number of nitrogens with two attached hydrogens (primary N) is 1. The van der Waals surface area contributed by atoms with Crippen LogP contribution in [0.3, 0.4) is 0 Å². The van der Waals surface area contributed by atoms with E-state index in [1.54, 1.807) is 13.8 Å². The van der Waals surface area contributed by atoms with Gasteiger partial charge in [0.25, 0.3) is 0 Å². The van der Waals surface area contributed by atoms with E-state index < -0.39 is 15.6 Å². The lowest BCUT2D eigenvalue weighted by molar-refractivity contribution is 0.439. The van der Waals surface area contributed by atoms with E-state index in [2.05, 4.69) is 14.9 Å². The molecular formula is C8H16N4O2S. The number of nitrogens with zero attached hydrogens (tertiary/aromatic N) is 1. The highest BCUT2D eigenvalue weighted by atomic mass is 32.2. The normalized spacial score (nSPS) is 13.0. The summed E-state index contributed by atoms with van der Waals surface area (Å²) in [6.45, 7) is 5.52. The summed E-state index contributed by atoms with van der Waals surface area (Å²) in [4.78, 5) is -0.0102. The second kappa shape index (κ2) is 3.82. The minimum atomic E-state index is -3.59. The topological polar surface area (TPSA) is 101 Å². The molecule has 6 nitrogen and oxygen atoms in total. The third kappa shape index (κ3) is 2.69. The Labute approximate surface area is 89.3 Å². The Morgan fingerprint density at radius 3 is 2.60 bits per heavy atom. The fraction of sp³-hybridized carbons (Fsp3) is 0.625. The van der Waals surface area contributed by atoms with Gasteiger partial charge in [-0.2, -0.15) is 5.10 Å². The van der Waals surface area contributed by atoms with Gasteiger partial charge in [-0.15, -0.1) is 0 Å². The van der Waals surface area contributed by atoms with E-state index in [1.807, 2.05) is 6.92 Å². The molecule has 0 bridgehead atoms. The number of anilines is 1. The van der Waals surface area contributed by atoms with Gasteiger partial charge < -0.3 is 5.73 Å². The first-order valence-corrected chi connectivity index (χ1v) is 6.09. The van der Waals surface area contributed by atoms with E-state index in [1.165, 1.54) is 6.20 Å². The standard InChI is InChI=1S/C8H16N4O2S/c1-4-8(2,3)12-15(13,14)6-5-10-11-7(6)9/h5,12H,4H2,1-3H3,(H3,9,10,11). The van der Waals surface area contributed by atoms with Crippen molar-refractivity contribution in [1.82, 2.24) is 14.9 Å². The maximum atomic E-state index is 11.8. The van der Waals surface area contributed by atoms with E-state index in [9.17, 15) is 8.42 Å². The number of hydrogen-bond donors (Lipinski definition) is 3. The molecule has 0 aliphatic carbocycles. The summed E-state index contributed by atoms with van der Waals surface area (Å²) in [6, 6.07) is 0. The fourth-order valence-electron chi connectivity index (χ4n) is 0.990. The highest BCUT2D eigenvalue weighted by Crippen LogP contribution is 2.18. The van der Waals surface area contributed by atoms with Gasteiger partial charge in [0.2, 0.25) is 10.0 Å². The number of aromatic amines is 1. The Morgan fingerprint density at radius 1 is 1.60 bits per heavy atom. The molecule has 0 aromatic carbocycles. The van der Waals surface area contributed by atoms with Gasteiger partial charge in [0.15, 0.2) is 0 Å². The van der Waals surface area contributed by atoms with Crippen molar-refractivity contribution in [1.29, 1.82) is 0 Å². The minimum Gasteiger partial charge on any atom is -0.383 e. The molecule has 0 saturated carbocycles. The van der Waals surface area contributed by atoms with Crippen molar-refractivity contribution in [3.05, 3.63) is 6.20 Å². The van der Waals surface area contributed by atoms with Crippen LogP contribution < -0.4 is 10.5 Å². The SMILES string of the molecule is CCC(C)(C)NS(=O)(=O)c1cn[nH]c1N. The van der Waals surface area contributed by atoms with Crippen molar-refractivity contribution in [3.63, 3.8) is 0 Å². The van der Waals surface area contributed by atoms with E-state index >= 15 is 0 Å². The molecule has 1 aromatic rings. The van der Waals surface area contributed by atoms with Crippen LogP contribution in [0.15, 0.2) is 11.1 Å². The van der Waals surface area contributed by atoms with Crippen LogP contribution in [0, 0.1) is 0 Å². The molecule has 15 heavy (non-hydrogen) atoms. The van der Waals surface area contributed by atoms with E-state index in [-0.39, 0.29) is 10.7 Å². The van der Waals surface area contributed by atoms with Crippen LogP contribution >= 0.6 is 0 Å². The summed E-state index contributed by atoms with van der Waals surface area (Å²) in [6.07, 6.45) is 1.88. The zero-order chi connectivity index (χ0) is 11.7. The molecule has 1 aromatic heterocycles. The Balaban J connectivity index is 3.01. The molecule has 0 fully saturated rings. The summed E-state index contributed by atoms with van der Waals surface area (Å²) < 4.78 is 26.2. The van der Waals surface area contributed by atoms with Gasteiger partial charge in [-0.25, -0.2) is 13.1 Å². The van der Waals surface area contributed by atoms with Crippen molar-refractivity contribution in [3.8, 4) is 0 Å². The number of H-pyrrole nitrogens is 1. The van der Waals surface area contributed by atoms with Gasteiger partial charge >= 0.3 is 0 Å². The average Bonchev–Trinajstić information content (AvgIpc) is 2.50. The number of rotatable bonds is 4. The molecule has 0 atom stereocenters. The summed E-state index contributed by atoms with van der Waals surface area (Å²) in [5.41, 5.74) is 4.95. The van der Waals surface area contributed by atoms with Crippen molar-refractivity contribution < 1.29 is 8.42 Å². The highest BCUT2D eigenvalue weighted by molar-refractivity contribution is 7.89. The van der Waals surface area contributed by atoms with Crippen LogP contribution in [0.5, 0.6) is 0 Å². The summed E-state index contributed by atoms with van der Waals surface area (Å²) in [7, 11) is -3.59. The van der Waals surface area contributed by atoms with Crippen LogP contribution in [0.25, 0.3) is 0 Å². The first kappa shape index (κ1) is 12.0. The number of hydrogen-bond acceptors (Lipinski definition) is 4. The Kier molecular flexibility index (Phi) is 3.05. The Hall–Kier alpha value is -1.08. The van der Waals surface area contributed by atoms with Crippen molar-refractivity contribution in [2.24, 2.45) is 0 Å². The maximum Gasteiger partial charge on any atom is 0.246 e. The monoisotopic (exact) mass is 232 g/mol. The van der Waals surface area contributed by atoms with Crippen LogP contribution in [0.4, 0.5) is 5.82 Å². The number of nitrogen functional groups attached to an aromatic ring is 1. The smallest absolute Gasteiger partial charge is 0.246 e. The largest absolute Gasteiger partial charge is 0.383 e. The first-order chi connectivity index (χ1) is 6.78. The van der Waals surface area contributed by atoms with Crippen LogP contribution in [0.2, 0.25) is 0 Å². The van der Waals surface area contributed by atoms with Gasteiger partial charge in [0, 0.05) is 5.54 Å². The van der Waals surface area contributed by atoms with Crippen LogP contribution in [-0.4, -0.2) is 24.2 Å². The Bertz CT molecular complexity index is 435. The molecule has 86 valence electrons. The molecule has 0 amide bonds. The Morgan fingerprint density at radius 2 is 2.20 bits per heavy atom. The average molecular weight is 232 g/mol. The molecule has 1 rings (SSSR count). The van der Waals surface area contributed by atoms with E-state index in [0.29, 0.717) is 6.42 Å². The molecule has 0 aliphatic rings. The predicted molar refractivity (Wildman–Crippen MR) is 57.7 cm³/mol. The quantitative estimate of drug-likeness (QED) is 0.702. The van der Waals surface area contributed by atoms with E-state index in [0.717, 1.165) is 0 Å². The van der Waals surface area contributed by atoms with Crippen LogP contribution in [0.1, 0.15) is 27.2 Å². The van der Waals surface area contributed by atoms with Gasteiger partial charge in [-0.1, -0.05) is 6.92 Å². The molecule has 0 aliphatic heterocycles. The molecule has 1 heterocycles. The molecule has 0 spiro atoms.